The van der Waals surface area contributed by atoms with Crippen LogP contribution in [0, 0.1) is 18.8 Å². The molecular formula is C24H27N. The van der Waals surface area contributed by atoms with Crippen molar-refractivity contribution in [2.75, 3.05) is 6.54 Å². The zero-order chi connectivity index (χ0) is 18.1. The van der Waals surface area contributed by atoms with Crippen molar-refractivity contribution in [1.29, 1.82) is 0 Å². The molecule has 25 heavy (non-hydrogen) atoms. The van der Waals surface area contributed by atoms with Crippen LogP contribution in [-0.2, 0) is 0 Å². The molecule has 0 saturated carbocycles. The molecule has 0 aliphatic rings. The molecule has 128 valence electrons. The van der Waals surface area contributed by atoms with E-state index in [1.54, 1.807) is 0 Å². The standard InChI is InChI=1S/C24H27N/c1-5-7-18-25(17-6-2)21(4)24-14-10-12-22(19-24)15-16-23-13-9-8-11-20(23)3/h7-14,18-19H,4-6,17H2,1-3H3/b18-7-. The number of hydrogen-bond donors (Lipinski definition) is 0. The molecule has 0 aliphatic carbocycles. The molecule has 0 heterocycles. The lowest BCUT2D eigenvalue weighted by molar-refractivity contribution is 0.524. The Kier molecular flexibility index (Phi) is 7.11. The molecule has 2 rings (SSSR count). The fraction of sp³-hybridized carbons (Fsp3) is 0.250. The van der Waals surface area contributed by atoms with E-state index in [0.717, 1.165) is 41.8 Å². The predicted octanol–water partition coefficient (Wildman–Crippen LogP) is 6.00. The van der Waals surface area contributed by atoms with Crippen LogP contribution in [0.3, 0.4) is 0 Å². The van der Waals surface area contributed by atoms with Crippen LogP contribution in [0.1, 0.15) is 48.9 Å². The van der Waals surface area contributed by atoms with Crippen molar-refractivity contribution < 1.29 is 0 Å². The second kappa shape index (κ2) is 9.55. The predicted molar refractivity (Wildman–Crippen MR) is 109 cm³/mol. The van der Waals surface area contributed by atoms with Crippen LogP contribution in [0.5, 0.6) is 0 Å². The Bertz CT molecular complexity index is 802. The van der Waals surface area contributed by atoms with Gasteiger partial charge >= 0.3 is 0 Å². The minimum atomic E-state index is 0.967. The lowest BCUT2D eigenvalue weighted by Gasteiger charge is -2.22. The van der Waals surface area contributed by atoms with Gasteiger partial charge in [0.1, 0.15) is 0 Å². The molecule has 0 aromatic heterocycles. The normalized spacial score (nSPS) is 10.4. The zero-order valence-corrected chi connectivity index (χ0v) is 15.5. The van der Waals surface area contributed by atoms with E-state index in [0.29, 0.717) is 0 Å². The maximum absolute atomic E-state index is 4.30. The van der Waals surface area contributed by atoms with Crippen molar-refractivity contribution in [3.63, 3.8) is 0 Å². The summed E-state index contributed by atoms with van der Waals surface area (Å²) < 4.78 is 0. The van der Waals surface area contributed by atoms with E-state index in [2.05, 4.69) is 86.7 Å². The van der Waals surface area contributed by atoms with Crippen molar-refractivity contribution in [3.05, 3.63) is 89.6 Å². The molecule has 1 nitrogen and oxygen atoms in total. The lowest BCUT2D eigenvalue weighted by Crippen LogP contribution is -2.15. The summed E-state index contributed by atoms with van der Waals surface area (Å²) in [6.45, 7) is 11.7. The van der Waals surface area contributed by atoms with Crippen LogP contribution in [-0.4, -0.2) is 11.4 Å². The first kappa shape index (κ1) is 18.6. The van der Waals surface area contributed by atoms with Gasteiger partial charge in [-0.15, -0.1) is 0 Å². The number of rotatable bonds is 6. The highest BCUT2D eigenvalue weighted by atomic mass is 15.1. The molecule has 0 fully saturated rings. The first-order chi connectivity index (χ1) is 12.2. The fourth-order valence-corrected chi connectivity index (χ4v) is 2.57. The van der Waals surface area contributed by atoms with Crippen molar-refractivity contribution in [2.24, 2.45) is 0 Å². The van der Waals surface area contributed by atoms with Gasteiger partial charge < -0.3 is 4.90 Å². The zero-order valence-electron chi connectivity index (χ0n) is 15.5. The first-order valence-electron chi connectivity index (χ1n) is 8.96. The van der Waals surface area contributed by atoms with Gasteiger partial charge in [-0.2, -0.15) is 0 Å². The van der Waals surface area contributed by atoms with Crippen molar-refractivity contribution >= 4 is 5.70 Å². The summed E-state index contributed by atoms with van der Waals surface area (Å²) in [5, 5.41) is 0. The molecule has 0 radical (unpaired) electrons. The smallest absolute Gasteiger partial charge is 0.0407 e. The SMILES string of the molecule is C=C(c1cccc(C#Cc2ccccc2C)c1)N(/C=C\CC)CCC. The molecule has 0 saturated heterocycles. The second-order valence-corrected chi connectivity index (χ2v) is 6.08. The molecule has 1 heteroatoms. The van der Waals surface area contributed by atoms with Gasteiger partial charge in [0.25, 0.3) is 0 Å². The Morgan fingerprint density at radius 2 is 1.88 bits per heavy atom. The molecule has 0 bridgehead atoms. The average molecular weight is 329 g/mol. The molecule has 0 aliphatic heterocycles. The van der Waals surface area contributed by atoms with Crippen LogP contribution in [0.25, 0.3) is 5.70 Å². The van der Waals surface area contributed by atoms with Gasteiger partial charge in [-0.25, -0.2) is 0 Å². The molecule has 0 spiro atoms. The summed E-state index contributed by atoms with van der Waals surface area (Å²) in [6.07, 6.45) is 6.41. The van der Waals surface area contributed by atoms with E-state index in [-0.39, 0.29) is 0 Å². The van der Waals surface area contributed by atoms with E-state index < -0.39 is 0 Å². The quantitative estimate of drug-likeness (QED) is 0.587. The van der Waals surface area contributed by atoms with Crippen molar-refractivity contribution in [3.8, 4) is 11.8 Å². The van der Waals surface area contributed by atoms with E-state index in [4.69, 9.17) is 0 Å². The van der Waals surface area contributed by atoms with Crippen molar-refractivity contribution in [2.45, 2.75) is 33.6 Å². The van der Waals surface area contributed by atoms with Gasteiger partial charge in [-0.3, -0.25) is 0 Å². The topological polar surface area (TPSA) is 3.24 Å². The maximum Gasteiger partial charge on any atom is 0.0407 e. The molecular weight excluding hydrogens is 302 g/mol. The van der Waals surface area contributed by atoms with Crippen LogP contribution in [0.2, 0.25) is 0 Å². The van der Waals surface area contributed by atoms with E-state index in [1.165, 1.54) is 5.56 Å². The van der Waals surface area contributed by atoms with Gasteiger partial charge in [0.05, 0.1) is 0 Å². The molecule has 0 N–H and O–H groups in total. The number of nitrogens with zero attached hydrogens (tertiary/aromatic N) is 1. The van der Waals surface area contributed by atoms with Crippen LogP contribution < -0.4 is 0 Å². The fourth-order valence-electron chi connectivity index (χ4n) is 2.57. The summed E-state index contributed by atoms with van der Waals surface area (Å²) in [4.78, 5) is 2.22. The minimum absolute atomic E-state index is 0.967. The van der Waals surface area contributed by atoms with Crippen molar-refractivity contribution in [1.82, 2.24) is 4.90 Å². The highest BCUT2D eigenvalue weighted by Gasteiger charge is 2.06. The van der Waals surface area contributed by atoms with Crippen LogP contribution in [0.15, 0.2) is 67.4 Å². The Morgan fingerprint density at radius 3 is 2.60 bits per heavy atom. The number of allylic oxidation sites excluding steroid dienone is 1. The number of aryl methyl sites for hydroxylation is 1. The Hall–Kier alpha value is -2.72. The van der Waals surface area contributed by atoms with Gasteiger partial charge in [0, 0.05) is 29.6 Å². The Labute approximate surface area is 152 Å². The largest absolute Gasteiger partial charge is 0.348 e. The first-order valence-corrected chi connectivity index (χ1v) is 8.96. The number of benzene rings is 2. The lowest BCUT2D eigenvalue weighted by atomic mass is 10.1. The number of hydrogen-bond acceptors (Lipinski definition) is 1. The van der Waals surface area contributed by atoms with Gasteiger partial charge in [-0.05, 0) is 49.1 Å². The molecule has 0 amide bonds. The highest BCUT2D eigenvalue weighted by molar-refractivity contribution is 5.64. The molecule has 0 atom stereocenters. The summed E-state index contributed by atoms with van der Waals surface area (Å²) in [7, 11) is 0. The van der Waals surface area contributed by atoms with Crippen LogP contribution in [0.4, 0.5) is 0 Å². The summed E-state index contributed by atoms with van der Waals surface area (Å²) in [5.74, 6) is 6.56. The minimum Gasteiger partial charge on any atom is -0.348 e. The third-order valence-electron chi connectivity index (χ3n) is 4.01. The van der Waals surface area contributed by atoms with E-state index in [1.807, 2.05) is 18.2 Å². The van der Waals surface area contributed by atoms with Gasteiger partial charge in [0.2, 0.25) is 0 Å². The summed E-state index contributed by atoms with van der Waals surface area (Å²) in [5.41, 5.74) is 5.43. The van der Waals surface area contributed by atoms with Gasteiger partial charge in [0.15, 0.2) is 0 Å². The summed E-state index contributed by atoms with van der Waals surface area (Å²) in [6, 6.07) is 16.5. The Balaban J connectivity index is 2.25. The second-order valence-electron chi connectivity index (χ2n) is 6.08. The van der Waals surface area contributed by atoms with E-state index in [9.17, 15) is 0 Å². The third-order valence-corrected chi connectivity index (χ3v) is 4.01. The average Bonchev–Trinajstić information content (AvgIpc) is 2.64. The van der Waals surface area contributed by atoms with Crippen LogP contribution >= 0.6 is 0 Å². The maximum atomic E-state index is 4.30. The van der Waals surface area contributed by atoms with Gasteiger partial charge in [-0.1, -0.05) is 68.7 Å². The Morgan fingerprint density at radius 1 is 1.08 bits per heavy atom. The monoisotopic (exact) mass is 329 g/mol. The van der Waals surface area contributed by atoms with E-state index >= 15 is 0 Å². The summed E-state index contributed by atoms with van der Waals surface area (Å²) >= 11 is 0. The molecule has 2 aromatic carbocycles. The third kappa shape index (κ3) is 5.40. The molecule has 2 aromatic rings. The molecule has 0 unspecified atom stereocenters. The highest BCUT2D eigenvalue weighted by Crippen LogP contribution is 2.19.